The molecule has 0 spiro atoms. The van der Waals surface area contributed by atoms with Crippen molar-refractivity contribution in [2.24, 2.45) is 56.2 Å². The zero-order valence-corrected chi connectivity index (χ0v) is 27.6. The number of hydrogen-bond acceptors (Lipinski definition) is 3. The number of carbonyl (C=O) groups excluding carboxylic acids is 1. The van der Waals surface area contributed by atoms with Gasteiger partial charge in [0.05, 0.1) is 6.10 Å². The number of rotatable bonds is 3. The number of ketones is 1. The van der Waals surface area contributed by atoms with Gasteiger partial charge in [-0.3, -0.25) is 4.79 Å². The van der Waals surface area contributed by atoms with Crippen molar-refractivity contribution in [3.05, 3.63) is 47.6 Å². The number of benzene rings is 1. The molecule has 4 fully saturated rings. The fourth-order valence-electron chi connectivity index (χ4n) is 12.0. The summed E-state index contributed by atoms with van der Waals surface area (Å²) in [5, 5.41) is 21.1. The number of hydrogen-bond donors (Lipinski definition) is 2. The van der Waals surface area contributed by atoms with E-state index in [1.807, 2.05) is 24.3 Å². The predicted octanol–water partition coefficient (Wildman–Crippen LogP) is 9.38. The Balaban J connectivity index is 1.40. The Bertz CT molecular complexity index is 1300. The minimum Gasteiger partial charge on any atom is -0.508 e. The van der Waals surface area contributed by atoms with Crippen LogP contribution in [0, 0.1) is 56.2 Å². The molecule has 1 aromatic rings. The molecule has 5 aliphatic carbocycles. The van der Waals surface area contributed by atoms with Gasteiger partial charge in [-0.25, -0.2) is 0 Å². The largest absolute Gasteiger partial charge is 0.508 e. The maximum Gasteiger partial charge on any atom is 0.182 e. The standard InChI is InChI=1S/C39H56O3/c1-34(2)19-20-36(5)21-22-37(6)27(29(36)24-34)14-16-32-38(37,7)18-17-31-35(3,4)33(42)23-28(39(31,32)8)30(41)15-11-25-9-12-26(40)13-10-25/h9-13,15,23,27,29,31-33,40,42H,14,16-22,24H2,1-8H3/b15-11+/t27-,29+,31+,32+,33?,36-,37-,38-,39+/m1/s1. The SMILES string of the molecule is CC1(C)CC[C@]2(C)CC[C@]3(C)[C@H](CC[C@@H]4[C@@]5(C)C(C(=O)/C=C/c6ccc(O)cc6)=CC(O)C(C)(C)[C@@H]5CC[C@]43C)[C@@H]2C1. The summed E-state index contributed by atoms with van der Waals surface area (Å²) in [4.78, 5) is 14.2. The highest BCUT2D eigenvalue weighted by molar-refractivity contribution is 6.07. The number of aliphatic hydroxyl groups is 1. The molecule has 230 valence electrons. The summed E-state index contributed by atoms with van der Waals surface area (Å²) >= 11 is 0. The normalized spacial score (nSPS) is 45.6. The van der Waals surface area contributed by atoms with Gasteiger partial charge < -0.3 is 10.2 Å². The minimum absolute atomic E-state index is 0.0342. The van der Waals surface area contributed by atoms with Gasteiger partial charge in [0.1, 0.15) is 5.75 Å². The number of aliphatic hydroxyl groups excluding tert-OH is 1. The van der Waals surface area contributed by atoms with Crippen molar-refractivity contribution in [3.8, 4) is 5.75 Å². The van der Waals surface area contributed by atoms with E-state index in [1.54, 1.807) is 18.2 Å². The lowest BCUT2D eigenvalue weighted by atomic mass is 9.31. The molecule has 0 radical (unpaired) electrons. The Morgan fingerprint density at radius 3 is 2.14 bits per heavy atom. The van der Waals surface area contributed by atoms with Crippen LogP contribution in [0.2, 0.25) is 0 Å². The minimum atomic E-state index is -0.632. The average Bonchev–Trinajstić information content (AvgIpc) is 2.91. The molecule has 1 aromatic carbocycles. The van der Waals surface area contributed by atoms with Gasteiger partial charge in [0.15, 0.2) is 5.78 Å². The lowest BCUT2D eigenvalue weighted by molar-refractivity contribution is -0.234. The lowest BCUT2D eigenvalue weighted by Crippen LogP contribution is -2.67. The summed E-state index contributed by atoms with van der Waals surface area (Å²) in [6.45, 7) is 19.8. The van der Waals surface area contributed by atoms with Crippen LogP contribution in [0.3, 0.4) is 0 Å². The number of carbonyl (C=O) groups is 1. The van der Waals surface area contributed by atoms with Gasteiger partial charge >= 0.3 is 0 Å². The van der Waals surface area contributed by atoms with E-state index >= 15 is 0 Å². The lowest BCUT2D eigenvalue weighted by Gasteiger charge is -2.73. The molecule has 3 heteroatoms. The Kier molecular flexibility index (Phi) is 6.87. The molecule has 0 heterocycles. The van der Waals surface area contributed by atoms with Crippen LogP contribution in [0.4, 0.5) is 0 Å². The van der Waals surface area contributed by atoms with Crippen LogP contribution in [0.5, 0.6) is 5.75 Å². The highest BCUT2D eigenvalue weighted by atomic mass is 16.3. The molecule has 42 heavy (non-hydrogen) atoms. The monoisotopic (exact) mass is 572 g/mol. The first-order chi connectivity index (χ1) is 19.5. The topological polar surface area (TPSA) is 57.5 Å². The first kappa shape index (κ1) is 30.2. The summed E-state index contributed by atoms with van der Waals surface area (Å²) in [5.74, 6) is 2.46. The number of phenols is 1. The number of fused-ring (bicyclic) bond motifs is 7. The van der Waals surface area contributed by atoms with Crippen LogP contribution in [-0.2, 0) is 4.79 Å². The van der Waals surface area contributed by atoms with E-state index in [-0.39, 0.29) is 39.1 Å². The molecular weight excluding hydrogens is 516 g/mol. The van der Waals surface area contributed by atoms with Gasteiger partial charge in [-0.05, 0) is 138 Å². The summed E-state index contributed by atoms with van der Waals surface area (Å²) in [5.41, 5.74) is 2.48. The fourth-order valence-corrected chi connectivity index (χ4v) is 12.0. The molecule has 0 amide bonds. The van der Waals surface area contributed by atoms with Gasteiger partial charge in [-0.2, -0.15) is 0 Å². The highest BCUT2D eigenvalue weighted by Gasteiger charge is 2.70. The van der Waals surface area contributed by atoms with E-state index in [0.29, 0.717) is 16.7 Å². The van der Waals surface area contributed by atoms with Crippen molar-refractivity contribution in [3.63, 3.8) is 0 Å². The second kappa shape index (κ2) is 9.56. The van der Waals surface area contributed by atoms with Crippen LogP contribution >= 0.6 is 0 Å². The van der Waals surface area contributed by atoms with E-state index < -0.39 is 6.10 Å². The first-order valence-corrected chi connectivity index (χ1v) is 16.9. The van der Waals surface area contributed by atoms with E-state index in [2.05, 4.69) is 55.4 Å². The quantitative estimate of drug-likeness (QED) is 0.355. The van der Waals surface area contributed by atoms with Crippen molar-refractivity contribution >= 4 is 11.9 Å². The summed E-state index contributed by atoms with van der Waals surface area (Å²) in [7, 11) is 0. The zero-order valence-electron chi connectivity index (χ0n) is 27.6. The molecule has 4 saturated carbocycles. The maximum atomic E-state index is 14.2. The third-order valence-corrected chi connectivity index (χ3v) is 15.0. The Hall–Kier alpha value is -1.87. The van der Waals surface area contributed by atoms with Crippen molar-refractivity contribution in [2.75, 3.05) is 0 Å². The van der Waals surface area contributed by atoms with Crippen LogP contribution in [0.15, 0.2) is 42.0 Å². The second-order valence-corrected chi connectivity index (χ2v) is 17.7. The molecule has 0 bridgehead atoms. The Morgan fingerprint density at radius 1 is 0.786 bits per heavy atom. The number of allylic oxidation sites excluding steroid dienone is 2. The zero-order chi connectivity index (χ0) is 30.5. The molecule has 0 saturated heterocycles. The van der Waals surface area contributed by atoms with Crippen molar-refractivity contribution in [1.82, 2.24) is 0 Å². The van der Waals surface area contributed by atoms with Crippen LogP contribution in [0.25, 0.3) is 6.08 Å². The fraction of sp³-hybridized carbons (Fsp3) is 0.718. The molecule has 0 aliphatic heterocycles. The van der Waals surface area contributed by atoms with Gasteiger partial charge in [0.25, 0.3) is 0 Å². The molecular formula is C39H56O3. The highest BCUT2D eigenvalue weighted by Crippen LogP contribution is 2.77. The van der Waals surface area contributed by atoms with Gasteiger partial charge in [-0.15, -0.1) is 0 Å². The molecule has 6 rings (SSSR count). The van der Waals surface area contributed by atoms with Gasteiger partial charge in [-0.1, -0.05) is 73.6 Å². The van der Waals surface area contributed by atoms with E-state index in [4.69, 9.17) is 0 Å². The van der Waals surface area contributed by atoms with E-state index in [1.165, 1.54) is 51.4 Å². The maximum absolute atomic E-state index is 14.2. The predicted molar refractivity (Wildman–Crippen MR) is 172 cm³/mol. The third kappa shape index (κ3) is 4.18. The molecule has 9 atom stereocenters. The van der Waals surface area contributed by atoms with Gasteiger partial charge in [0.2, 0.25) is 0 Å². The van der Waals surface area contributed by atoms with E-state index in [9.17, 15) is 15.0 Å². The van der Waals surface area contributed by atoms with Crippen molar-refractivity contribution in [2.45, 2.75) is 119 Å². The summed E-state index contributed by atoms with van der Waals surface area (Å²) < 4.78 is 0. The molecule has 0 aromatic heterocycles. The summed E-state index contributed by atoms with van der Waals surface area (Å²) in [6.07, 6.45) is 16.3. The molecule has 3 nitrogen and oxygen atoms in total. The number of aromatic hydroxyl groups is 1. The Morgan fingerprint density at radius 2 is 1.45 bits per heavy atom. The van der Waals surface area contributed by atoms with Crippen LogP contribution in [-0.4, -0.2) is 22.1 Å². The number of phenolic OH excluding ortho intramolecular Hbond substituents is 1. The Labute approximate surface area is 255 Å². The second-order valence-electron chi connectivity index (χ2n) is 17.7. The third-order valence-electron chi connectivity index (χ3n) is 15.0. The molecule has 2 N–H and O–H groups in total. The smallest absolute Gasteiger partial charge is 0.182 e. The average molecular weight is 573 g/mol. The van der Waals surface area contributed by atoms with Gasteiger partial charge in [0, 0.05) is 11.0 Å². The van der Waals surface area contributed by atoms with Crippen LogP contribution < -0.4 is 0 Å². The van der Waals surface area contributed by atoms with Crippen LogP contribution in [0.1, 0.15) is 119 Å². The van der Waals surface area contributed by atoms with E-state index in [0.717, 1.165) is 29.4 Å². The summed E-state index contributed by atoms with van der Waals surface area (Å²) in [6, 6.07) is 6.98. The first-order valence-electron chi connectivity index (χ1n) is 16.9. The molecule has 1 unspecified atom stereocenters. The van der Waals surface area contributed by atoms with Crippen molar-refractivity contribution < 1.29 is 15.0 Å². The molecule has 5 aliphatic rings. The van der Waals surface area contributed by atoms with Crippen molar-refractivity contribution in [1.29, 1.82) is 0 Å².